The van der Waals surface area contributed by atoms with Gasteiger partial charge >= 0.3 is 6.18 Å². The Morgan fingerprint density at radius 3 is 2.67 bits per heavy atom. The maximum absolute atomic E-state index is 12.0. The molecule has 0 spiro atoms. The summed E-state index contributed by atoms with van der Waals surface area (Å²) in [7, 11) is 0. The van der Waals surface area contributed by atoms with Crippen molar-refractivity contribution in [2.24, 2.45) is 0 Å². The SMILES string of the molecule is CCOc1ccc(Cl)cc1NC(=O)CC(F)(F)F. The van der Waals surface area contributed by atoms with Crippen LogP contribution in [0.1, 0.15) is 13.3 Å². The highest BCUT2D eigenvalue weighted by molar-refractivity contribution is 6.31. The minimum absolute atomic E-state index is 0.124. The first-order chi connectivity index (χ1) is 8.31. The van der Waals surface area contributed by atoms with Gasteiger partial charge in [-0.15, -0.1) is 0 Å². The molecule has 0 heterocycles. The summed E-state index contributed by atoms with van der Waals surface area (Å²) in [6.07, 6.45) is -6.10. The number of ether oxygens (including phenoxy) is 1. The van der Waals surface area contributed by atoms with Gasteiger partial charge in [0.1, 0.15) is 12.2 Å². The van der Waals surface area contributed by atoms with Crippen LogP contribution in [0, 0.1) is 0 Å². The third-order valence-corrected chi connectivity index (χ3v) is 2.11. The van der Waals surface area contributed by atoms with E-state index in [9.17, 15) is 18.0 Å². The van der Waals surface area contributed by atoms with Gasteiger partial charge in [-0.1, -0.05) is 11.6 Å². The molecule has 1 aromatic carbocycles. The van der Waals surface area contributed by atoms with E-state index in [2.05, 4.69) is 5.32 Å². The van der Waals surface area contributed by atoms with Gasteiger partial charge in [-0.3, -0.25) is 4.79 Å². The Hall–Kier alpha value is -1.43. The van der Waals surface area contributed by atoms with Crippen molar-refractivity contribution in [3.8, 4) is 5.75 Å². The smallest absolute Gasteiger partial charge is 0.397 e. The molecule has 0 aliphatic rings. The predicted molar refractivity (Wildman–Crippen MR) is 61.9 cm³/mol. The van der Waals surface area contributed by atoms with E-state index in [0.717, 1.165) is 0 Å². The lowest BCUT2D eigenvalue weighted by molar-refractivity contribution is -0.150. The van der Waals surface area contributed by atoms with E-state index < -0.39 is 18.5 Å². The van der Waals surface area contributed by atoms with Gasteiger partial charge in [-0.25, -0.2) is 0 Å². The molecule has 0 aromatic heterocycles. The summed E-state index contributed by atoms with van der Waals surface area (Å²) in [6.45, 7) is 2.04. The maximum atomic E-state index is 12.0. The van der Waals surface area contributed by atoms with E-state index >= 15 is 0 Å². The number of halogens is 4. The molecule has 18 heavy (non-hydrogen) atoms. The monoisotopic (exact) mass is 281 g/mol. The number of benzene rings is 1. The molecular formula is C11H11ClF3NO2. The highest BCUT2D eigenvalue weighted by atomic mass is 35.5. The van der Waals surface area contributed by atoms with Crippen molar-refractivity contribution in [1.82, 2.24) is 0 Å². The van der Waals surface area contributed by atoms with Crippen LogP contribution in [0.5, 0.6) is 5.75 Å². The van der Waals surface area contributed by atoms with Gasteiger partial charge in [0, 0.05) is 5.02 Å². The van der Waals surface area contributed by atoms with Gasteiger partial charge in [0.05, 0.1) is 12.3 Å². The molecule has 1 rings (SSSR count). The van der Waals surface area contributed by atoms with Gasteiger partial charge in [0.2, 0.25) is 5.91 Å². The Labute approximate surface area is 107 Å². The summed E-state index contributed by atoms with van der Waals surface area (Å²) in [6, 6.07) is 4.34. The Morgan fingerprint density at radius 1 is 1.44 bits per heavy atom. The number of hydrogen-bond donors (Lipinski definition) is 1. The average molecular weight is 282 g/mol. The third kappa shape index (κ3) is 4.83. The van der Waals surface area contributed by atoms with Crippen LogP contribution in [-0.2, 0) is 4.79 Å². The van der Waals surface area contributed by atoms with Crippen molar-refractivity contribution in [3.63, 3.8) is 0 Å². The number of amides is 1. The number of anilines is 1. The first kappa shape index (κ1) is 14.6. The molecule has 3 nitrogen and oxygen atoms in total. The van der Waals surface area contributed by atoms with E-state index in [1.165, 1.54) is 18.2 Å². The molecule has 100 valence electrons. The lowest BCUT2D eigenvalue weighted by Crippen LogP contribution is -2.21. The van der Waals surface area contributed by atoms with Crippen molar-refractivity contribution in [1.29, 1.82) is 0 Å². The zero-order valence-electron chi connectivity index (χ0n) is 9.47. The van der Waals surface area contributed by atoms with Crippen molar-refractivity contribution >= 4 is 23.2 Å². The fourth-order valence-corrected chi connectivity index (χ4v) is 1.43. The second-order valence-corrected chi connectivity index (χ2v) is 3.85. The van der Waals surface area contributed by atoms with Gasteiger partial charge in [0.15, 0.2) is 0 Å². The second kappa shape index (κ2) is 5.95. The van der Waals surface area contributed by atoms with Crippen LogP contribution >= 0.6 is 11.6 Å². The second-order valence-electron chi connectivity index (χ2n) is 3.41. The van der Waals surface area contributed by atoms with Crippen molar-refractivity contribution < 1.29 is 22.7 Å². The number of nitrogens with one attached hydrogen (secondary N) is 1. The zero-order chi connectivity index (χ0) is 13.8. The quantitative estimate of drug-likeness (QED) is 0.915. The number of carbonyl (C=O) groups excluding carboxylic acids is 1. The highest BCUT2D eigenvalue weighted by Gasteiger charge is 2.31. The van der Waals surface area contributed by atoms with E-state index in [1.807, 2.05) is 0 Å². The lowest BCUT2D eigenvalue weighted by atomic mass is 10.2. The zero-order valence-corrected chi connectivity index (χ0v) is 10.2. The first-order valence-corrected chi connectivity index (χ1v) is 5.48. The van der Waals surface area contributed by atoms with Crippen LogP contribution < -0.4 is 10.1 Å². The normalized spacial score (nSPS) is 11.2. The summed E-state index contributed by atoms with van der Waals surface area (Å²) in [4.78, 5) is 11.2. The molecule has 0 aliphatic heterocycles. The fourth-order valence-electron chi connectivity index (χ4n) is 1.26. The van der Waals surface area contributed by atoms with E-state index in [-0.39, 0.29) is 11.4 Å². The van der Waals surface area contributed by atoms with Crippen molar-refractivity contribution in [2.75, 3.05) is 11.9 Å². The van der Waals surface area contributed by atoms with Crippen molar-refractivity contribution in [2.45, 2.75) is 19.5 Å². The van der Waals surface area contributed by atoms with Crippen LogP contribution in [0.2, 0.25) is 5.02 Å². The summed E-state index contributed by atoms with van der Waals surface area (Å²) in [5.74, 6) is -0.886. The number of carbonyl (C=O) groups is 1. The molecule has 0 radical (unpaired) electrons. The van der Waals surface area contributed by atoms with E-state index in [4.69, 9.17) is 16.3 Å². The molecule has 0 saturated carbocycles. The average Bonchev–Trinajstić information content (AvgIpc) is 2.19. The molecule has 0 atom stereocenters. The van der Waals surface area contributed by atoms with Crippen LogP contribution in [0.4, 0.5) is 18.9 Å². The molecule has 0 aliphatic carbocycles. The molecule has 0 fully saturated rings. The van der Waals surface area contributed by atoms with Crippen LogP contribution in [0.15, 0.2) is 18.2 Å². The standard InChI is InChI=1S/C11H11ClF3NO2/c1-2-18-9-4-3-7(12)5-8(9)16-10(17)6-11(13,14)15/h3-5H,2,6H2,1H3,(H,16,17). The van der Waals surface area contributed by atoms with Crippen LogP contribution in [-0.4, -0.2) is 18.7 Å². The highest BCUT2D eigenvalue weighted by Crippen LogP contribution is 2.29. The number of hydrogen-bond acceptors (Lipinski definition) is 2. The van der Waals surface area contributed by atoms with E-state index in [0.29, 0.717) is 11.6 Å². The van der Waals surface area contributed by atoms with Gasteiger partial charge in [-0.2, -0.15) is 13.2 Å². The molecule has 0 saturated heterocycles. The number of rotatable bonds is 4. The summed E-state index contributed by atoms with van der Waals surface area (Å²) < 4.78 is 41.2. The minimum Gasteiger partial charge on any atom is -0.492 e. The molecule has 1 N–H and O–H groups in total. The van der Waals surface area contributed by atoms with Crippen molar-refractivity contribution in [3.05, 3.63) is 23.2 Å². The molecule has 1 amide bonds. The molecule has 0 bridgehead atoms. The van der Waals surface area contributed by atoms with Gasteiger partial charge < -0.3 is 10.1 Å². The van der Waals surface area contributed by atoms with Gasteiger partial charge in [0.25, 0.3) is 0 Å². The molecule has 1 aromatic rings. The Bertz CT molecular complexity index is 435. The molecule has 0 unspecified atom stereocenters. The number of alkyl halides is 3. The molecule has 7 heteroatoms. The fraction of sp³-hybridized carbons (Fsp3) is 0.364. The Kier molecular flexibility index (Phi) is 4.84. The van der Waals surface area contributed by atoms with Crippen LogP contribution in [0.25, 0.3) is 0 Å². The topological polar surface area (TPSA) is 38.3 Å². The van der Waals surface area contributed by atoms with Crippen LogP contribution in [0.3, 0.4) is 0 Å². The molecular weight excluding hydrogens is 271 g/mol. The van der Waals surface area contributed by atoms with Gasteiger partial charge in [-0.05, 0) is 25.1 Å². The lowest BCUT2D eigenvalue weighted by Gasteiger charge is -2.12. The summed E-state index contributed by atoms with van der Waals surface area (Å²) >= 11 is 5.70. The minimum atomic E-state index is -4.55. The Morgan fingerprint density at radius 2 is 2.11 bits per heavy atom. The largest absolute Gasteiger partial charge is 0.492 e. The summed E-state index contributed by atoms with van der Waals surface area (Å²) in [5.41, 5.74) is 0.124. The first-order valence-electron chi connectivity index (χ1n) is 5.11. The Balaban J connectivity index is 2.82. The predicted octanol–water partition coefficient (Wildman–Crippen LogP) is 3.63. The van der Waals surface area contributed by atoms with E-state index in [1.54, 1.807) is 6.92 Å². The third-order valence-electron chi connectivity index (χ3n) is 1.88. The maximum Gasteiger partial charge on any atom is 0.397 e. The summed E-state index contributed by atoms with van der Waals surface area (Å²) in [5, 5.41) is 2.42.